The van der Waals surface area contributed by atoms with E-state index in [-0.39, 0.29) is 17.8 Å². The molecule has 1 aliphatic rings. The molecule has 0 aliphatic heterocycles. The number of ether oxygens (including phenoxy) is 1. The fourth-order valence-electron chi connectivity index (χ4n) is 2.68. The molecule has 0 atom stereocenters. The number of ketones is 2. The van der Waals surface area contributed by atoms with Crippen molar-refractivity contribution in [2.45, 2.75) is 12.8 Å². The van der Waals surface area contributed by atoms with Crippen LogP contribution in [0.1, 0.15) is 23.2 Å². The summed E-state index contributed by atoms with van der Waals surface area (Å²) in [7, 11) is 1.57. The third-order valence-corrected chi connectivity index (χ3v) is 3.98. The minimum absolute atomic E-state index is 0.0182. The van der Waals surface area contributed by atoms with E-state index < -0.39 is 11.5 Å². The van der Waals surface area contributed by atoms with Gasteiger partial charge in [0.2, 0.25) is 5.78 Å². The Balaban J connectivity index is 1.98. The van der Waals surface area contributed by atoms with Gasteiger partial charge < -0.3 is 9.84 Å². The standard InChI is InChI=1S/C20H17NO4/c1-25-15-9-7-14(8-10-15)21-16-11-12-17(22)18(16)20(24)19(23)13-5-3-2-4-6-13/h2-10,24H,11-12H2,1H3/b20-18+,21-16?. The van der Waals surface area contributed by atoms with Crippen LogP contribution in [0, 0.1) is 0 Å². The number of hydrogen-bond acceptors (Lipinski definition) is 5. The van der Waals surface area contributed by atoms with Gasteiger partial charge in [-0.15, -0.1) is 0 Å². The number of hydrogen-bond donors (Lipinski definition) is 1. The quantitative estimate of drug-likeness (QED) is 0.523. The molecule has 0 heterocycles. The molecule has 2 aromatic carbocycles. The van der Waals surface area contributed by atoms with Gasteiger partial charge in [-0.1, -0.05) is 30.3 Å². The van der Waals surface area contributed by atoms with Crippen LogP contribution >= 0.6 is 0 Å². The molecular weight excluding hydrogens is 318 g/mol. The zero-order chi connectivity index (χ0) is 17.8. The lowest BCUT2D eigenvalue weighted by molar-refractivity contribution is -0.114. The van der Waals surface area contributed by atoms with Crippen LogP contribution in [-0.2, 0) is 4.79 Å². The molecule has 25 heavy (non-hydrogen) atoms. The normalized spacial score (nSPS) is 17.6. The second kappa shape index (κ2) is 7.13. The summed E-state index contributed by atoms with van der Waals surface area (Å²) in [5.41, 5.74) is 1.40. The third-order valence-electron chi connectivity index (χ3n) is 3.98. The van der Waals surface area contributed by atoms with Crippen LogP contribution in [0.5, 0.6) is 5.75 Å². The van der Waals surface area contributed by atoms with Crippen LogP contribution < -0.4 is 4.74 Å². The summed E-state index contributed by atoms with van der Waals surface area (Å²) in [6.45, 7) is 0. The highest BCUT2D eigenvalue weighted by molar-refractivity contribution is 6.31. The second-order valence-corrected chi connectivity index (χ2v) is 5.60. The molecule has 1 saturated carbocycles. The highest BCUT2D eigenvalue weighted by Crippen LogP contribution is 2.27. The number of rotatable bonds is 4. The van der Waals surface area contributed by atoms with Crippen molar-refractivity contribution in [3.63, 3.8) is 0 Å². The molecule has 0 unspecified atom stereocenters. The van der Waals surface area contributed by atoms with Gasteiger partial charge in [-0.05, 0) is 30.7 Å². The van der Waals surface area contributed by atoms with Gasteiger partial charge in [0.1, 0.15) is 5.75 Å². The zero-order valence-corrected chi connectivity index (χ0v) is 13.7. The Morgan fingerprint density at radius 3 is 2.36 bits per heavy atom. The first-order valence-electron chi connectivity index (χ1n) is 7.88. The minimum atomic E-state index is -0.576. The summed E-state index contributed by atoms with van der Waals surface area (Å²) in [4.78, 5) is 29.0. The number of aliphatic imine (C=N–C) groups is 1. The van der Waals surface area contributed by atoms with Gasteiger partial charge >= 0.3 is 0 Å². The molecule has 0 aromatic heterocycles. The van der Waals surface area contributed by atoms with Crippen molar-refractivity contribution in [2.75, 3.05) is 7.11 Å². The molecule has 1 fully saturated rings. The highest BCUT2D eigenvalue weighted by Gasteiger charge is 2.31. The maximum atomic E-state index is 12.4. The maximum absolute atomic E-state index is 12.4. The molecule has 0 spiro atoms. The van der Waals surface area contributed by atoms with Crippen molar-refractivity contribution in [2.24, 2.45) is 4.99 Å². The van der Waals surface area contributed by atoms with E-state index in [1.807, 2.05) is 0 Å². The summed E-state index contributed by atoms with van der Waals surface area (Å²) in [6.07, 6.45) is 0.628. The average molecular weight is 335 g/mol. The van der Waals surface area contributed by atoms with Crippen molar-refractivity contribution >= 4 is 23.0 Å². The van der Waals surface area contributed by atoms with Crippen LogP contribution in [-0.4, -0.2) is 29.5 Å². The Morgan fingerprint density at radius 1 is 1.04 bits per heavy atom. The smallest absolute Gasteiger partial charge is 0.228 e. The first-order chi connectivity index (χ1) is 12.1. The molecule has 0 bridgehead atoms. The minimum Gasteiger partial charge on any atom is -0.504 e. The Labute approximate surface area is 145 Å². The third kappa shape index (κ3) is 3.50. The van der Waals surface area contributed by atoms with Crippen molar-refractivity contribution in [3.8, 4) is 5.75 Å². The van der Waals surface area contributed by atoms with Gasteiger partial charge in [0.05, 0.1) is 24.1 Å². The van der Waals surface area contributed by atoms with E-state index in [0.29, 0.717) is 29.1 Å². The first-order valence-corrected chi connectivity index (χ1v) is 7.88. The molecule has 0 radical (unpaired) electrons. The number of carbonyl (C=O) groups excluding carboxylic acids is 2. The van der Waals surface area contributed by atoms with Crippen molar-refractivity contribution in [1.82, 2.24) is 0 Å². The van der Waals surface area contributed by atoms with Crippen LogP contribution in [0.4, 0.5) is 5.69 Å². The molecule has 2 aromatic rings. The van der Waals surface area contributed by atoms with E-state index in [9.17, 15) is 14.7 Å². The average Bonchev–Trinajstić information content (AvgIpc) is 3.02. The van der Waals surface area contributed by atoms with E-state index in [2.05, 4.69) is 4.99 Å². The number of allylic oxidation sites excluding steroid dienone is 2. The highest BCUT2D eigenvalue weighted by atomic mass is 16.5. The summed E-state index contributed by atoms with van der Waals surface area (Å²) < 4.78 is 5.10. The summed E-state index contributed by atoms with van der Waals surface area (Å²) in [5.74, 6) is -0.687. The number of benzene rings is 2. The number of aliphatic hydroxyl groups is 1. The monoisotopic (exact) mass is 335 g/mol. The second-order valence-electron chi connectivity index (χ2n) is 5.60. The van der Waals surface area contributed by atoms with Crippen molar-refractivity contribution < 1.29 is 19.4 Å². The van der Waals surface area contributed by atoms with Crippen LogP contribution in [0.15, 0.2) is 70.9 Å². The van der Waals surface area contributed by atoms with Crippen LogP contribution in [0.3, 0.4) is 0 Å². The largest absolute Gasteiger partial charge is 0.504 e. The first kappa shape index (κ1) is 16.6. The molecule has 0 saturated heterocycles. The number of methoxy groups -OCH3 is 1. The fraction of sp³-hybridized carbons (Fsp3) is 0.150. The Morgan fingerprint density at radius 2 is 1.72 bits per heavy atom. The lowest BCUT2D eigenvalue weighted by atomic mass is 10.0. The lowest BCUT2D eigenvalue weighted by Gasteiger charge is -2.05. The van der Waals surface area contributed by atoms with E-state index in [4.69, 9.17) is 4.74 Å². The summed E-state index contributed by atoms with van der Waals surface area (Å²) in [5, 5.41) is 10.4. The van der Waals surface area contributed by atoms with Crippen LogP contribution in [0.25, 0.3) is 0 Å². The predicted molar refractivity (Wildman–Crippen MR) is 94.8 cm³/mol. The number of Topliss-reactive ketones (excluding diaryl/α,β-unsaturated/α-hetero) is 2. The molecule has 5 heteroatoms. The fourth-order valence-corrected chi connectivity index (χ4v) is 2.68. The maximum Gasteiger partial charge on any atom is 0.228 e. The van der Waals surface area contributed by atoms with Crippen molar-refractivity contribution in [3.05, 3.63) is 71.5 Å². The van der Waals surface area contributed by atoms with Gasteiger partial charge in [0.15, 0.2) is 11.5 Å². The predicted octanol–water partition coefficient (Wildman–Crippen LogP) is 3.83. The SMILES string of the molecule is COc1ccc(N=C2CCC(=O)/C2=C(/O)C(=O)c2ccccc2)cc1. The van der Waals surface area contributed by atoms with E-state index in [1.54, 1.807) is 61.7 Å². The molecule has 126 valence electrons. The lowest BCUT2D eigenvalue weighted by Crippen LogP contribution is -2.12. The van der Waals surface area contributed by atoms with E-state index in [1.165, 1.54) is 0 Å². The Kier molecular flexibility index (Phi) is 4.75. The van der Waals surface area contributed by atoms with Crippen LogP contribution in [0.2, 0.25) is 0 Å². The summed E-state index contributed by atoms with van der Waals surface area (Å²) >= 11 is 0. The van der Waals surface area contributed by atoms with E-state index in [0.717, 1.165) is 0 Å². The topological polar surface area (TPSA) is 76.0 Å². The number of nitrogens with zero attached hydrogens (tertiary/aromatic N) is 1. The van der Waals surface area contributed by atoms with Gasteiger partial charge in [-0.25, -0.2) is 0 Å². The van der Waals surface area contributed by atoms with Gasteiger partial charge in [-0.3, -0.25) is 14.6 Å². The van der Waals surface area contributed by atoms with Gasteiger partial charge in [0, 0.05) is 12.0 Å². The summed E-state index contributed by atoms with van der Waals surface area (Å²) in [6, 6.07) is 15.4. The number of carbonyl (C=O) groups is 2. The van der Waals surface area contributed by atoms with Crippen molar-refractivity contribution in [1.29, 1.82) is 0 Å². The zero-order valence-electron chi connectivity index (χ0n) is 13.7. The van der Waals surface area contributed by atoms with Gasteiger partial charge in [0.25, 0.3) is 0 Å². The number of aliphatic hydroxyl groups excluding tert-OH is 1. The molecule has 3 rings (SSSR count). The Bertz CT molecular complexity index is 864. The molecule has 1 aliphatic carbocycles. The molecule has 1 N–H and O–H groups in total. The van der Waals surface area contributed by atoms with E-state index >= 15 is 0 Å². The van der Waals surface area contributed by atoms with Gasteiger partial charge in [-0.2, -0.15) is 0 Å². The molecule has 5 nitrogen and oxygen atoms in total. The Hall–Kier alpha value is -3.21. The molecular formula is C20H17NO4. The molecule has 0 amide bonds.